The summed E-state index contributed by atoms with van der Waals surface area (Å²) in [5.41, 5.74) is 8.83. The molecule has 711 valence electrons. The van der Waals surface area contributed by atoms with E-state index >= 15 is 0 Å². The SMILES string of the molecule is C#C[C@@]1(C)[C@@H](COC(Cc2ccccc2)(C(C)=O)C(=O)OCC)O[C@@H](n2cnc3c(N)nc(C(C)=O)nc32)[C@@H]1OC(C)=O.C#C[C@@]1(C)[C@@H](COC(Cc2ccccc2)(C(C)=O)C(=O)OCC)O[C@@H](n2cnc3c(N)nc(C(C)O)nc32)[C@@H]1OC(C)=O.C#C[C@@]1(O)[C@@H](COC(Cc2ccccc2)(C(=O)O)C(=O)O)O[C@@H](n2cnc3c(N)nc(C(C)O)nc32)[C@@H]1O.C1CCOC1.CO.[B].[H-].[Li+].[Na+].[OH-]. The van der Waals surface area contributed by atoms with Crippen LogP contribution in [0, 0.1) is 47.9 Å². The molecule has 0 spiro atoms. The fourth-order valence-corrected chi connectivity index (χ4v) is 14.7. The summed E-state index contributed by atoms with van der Waals surface area (Å²) in [5, 5.41) is 68.7. The molecule has 14 N–H and O–H groups in total. The van der Waals surface area contributed by atoms with E-state index in [-0.39, 0.29) is 171 Å². The van der Waals surface area contributed by atoms with Crippen LogP contribution in [-0.4, -0.2) is 274 Å². The van der Waals surface area contributed by atoms with Crippen LogP contribution in [0.2, 0.25) is 0 Å². The quantitative estimate of drug-likeness (QED) is 0.00537. The normalized spacial score (nSPS) is 22.6. The number of terminal acetylenes is 3. The predicted molar refractivity (Wildman–Crippen MR) is 470 cm³/mol. The number of ketones is 3. The molecule has 46 heteroatoms. The number of anilines is 3. The van der Waals surface area contributed by atoms with E-state index in [0.717, 1.165) is 20.3 Å². The zero-order valence-corrected chi connectivity index (χ0v) is 78.9. The number of Topliss-reactive ketones (excluding diaryl/α,β-unsaturated/α-hetero) is 3. The third-order valence-electron chi connectivity index (χ3n) is 22.1. The van der Waals surface area contributed by atoms with Gasteiger partial charge in [0.25, 0.3) is 5.60 Å². The molecule has 0 bridgehead atoms. The van der Waals surface area contributed by atoms with Gasteiger partial charge < -0.3 is 112 Å². The van der Waals surface area contributed by atoms with Gasteiger partial charge in [0.15, 0.2) is 106 Å². The average Bonchev–Trinajstić information content (AvgIpc) is 1.47. The number of hydrogen-bond donors (Lipinski definition) is 10. The number of hydrogen-bond acceptors (Lipinski definition) is 38. The zero-order valence-electron chi connectivity index (χ0n) is 77.9. The summed E-state index contributed by atoms with van der Waals surface area (Å²) < 4.78 is 67.3. The van der Waals surface area contributed by atoms with Crippen molar-refractivity contribution in [2.24, 2.45) is 10.8 Å². The van der Waals surface area contributed by atoms with Crippen molar-refractivity contribution in [1.29, 1.82) is 0 Å². The topological polar surface area (TPSA) is 636 Å². The largest absolute Gasteiger partial charge is 1.00 e. The van der Waals surface area contributed by atoms with Crippen molar-refractivity contribution in [3.63, 3.8) is 0 Å². The Bertz CT molecular complexity index is 5750. The summed E-state index contributed by atoms with van der Waals surface area (Å²) in [6.45, 7) is 16.2. The van der Waals surface area contributed by atoms with E-state index in [1.165, 1.54) is 106 Å². The number of fused-ring (bicyclic) bond motifs is 3. The first-order chi connectivity index (χ1) is 62.2. The first kappa shape index (κ1) is 114. The fraction of sp³-hybridized carbons (Fsp3) is 0.461. The van der Waals surface area contributed by atoms with E-state index in [2.05, 4.69) is 56.7 Å². The minimum absolute atomic E-state index is 0. The Labute approximate surface area is 813 Å². The van der Waals surface area contributed by atoms with Crippen LogP contribution in [0.5, 0.6) is 0 Å². The van der Waals surface area contributed by atoms with Gasteiger partial charge in [-0.3, -0.25) is 37.7 Å². The zero-order chi connectivity index (χ0) is 96.4. The van der Waals surface area contributed by atoms with E-state index in [9.17, 15) is 73.8 Å². The molecule has 0 aliphatic carbocycles. The number of aromatic nitrogens is 12. The number of aliphatic carboxylic acids is 2. The number of carbonyl (C=O) groups excluding carboxylic acids is 7. The van der Waals surface area contributed by atoms with E-state index in [1.807, 2.05) is 18.1 Å². The molecule has 0 saturated carbocycles. The Morgan fingerprint density at radius 2 is 0.859 bits per heavy atom. The number of carbonyl (C=O) groups is 9. The fourth-order valence-electron chi connectivity index (χ4n) is 14.7. The molecule has 9 aromatic rings. The van der Waals surface area contributed by atoms with E-state index < -0.39 is 167 Å². The molecule has 4 unspecified atom stereocenters. The number of rotatable bonds is 31. The van der Waals surface area contributed by atoms with Crippen LogP contribution < -0.4 is 65.6 Å². The Kier molecular flexibility index (Phi) is 41.5. The van der Waals surface area contributed by atoms with Crippen LogP contribution in [0.4, 0.5) is 17.5 Å². The summed E-state index contributed by atoms with van der Waals surface area (Å²) in [7, 11) is 1.00. The van der Waals surface area contributed by atoms with Gasteiger partial charge in [-0.1, -0.05) is 109 Å². The molecule has 4 aliphatic heterocycles. The Morgan fingerprint density at radius 1 is 0.533 bits per heavy atom. The van der Waals surface area contributed by atoms with Gasteiger partial charge in [0.1, 0.15) is 53.2 Å². The van der Waals surface area contributed by atoms with Crippen LogP contribution in [0.3, 0.4) is 0 Å². The number of aliphatic hydroxyl groups excluding tert-OH is 4. The van der Waals surface area contributed by atoms with Crippen LogP contribution in [0.25, 0.3) is 33.5 Å². The monoisotopic (exact) mass is 1870 g/mol. The second kappa shape index (κ2) is 49.2. The molecule has 0 amide bonds. The first-order valence-electron chi connectivity index (χ1n) is 41.1. The van der Waals surface area contributed by atoms with Crippen LogP contribution >= 0.6 is 0 Å². The number of imidazole rings is 3. The summed E-state index contributed by atoms with van der Waals surface area (Å²) in [4.78, 5) is 151. The Hall–Kier alpha value is -11.6. The van der Waals surface area contributed by atoms with Gasteiger partial charge in [-0.25, -0.2) is 64.0 Å². The van der Waals surface area contributed by atoms with Gasteiger partial charge in [0.2, 0.25) is 11.2 Å². The molecule has 4 aliphatic rings. The van der Waals surface area contributed by atoms with Gasteiger partial charge in [-0.2, -0.15) is 0 Å². The molecular weight excluding hydrogens is 1770 g/mol. The molecule has 10 heterocycles. The van der Waals surface area contributed by atoms with Crippen molar-refractivity contribution < 1.29 is 186 Å². The smallest absolute Gasteiger partial charge is 1.00 e. The van der Waals surface area contributed by atoms with E-state index in [1.54, 1.807) is 94.4 Å². The summed E-state index contributed by atoms with van der Waals surface area (Å²) in [6, 6.07) is 25.8. The van der Waals surface area contributed by atoms with Gasteiger partial charge in [-0.15, -0.1) is 19.3 Å². The predicted octanol–water partition coefficient (Wildman–Crippen LogP) is -2.47. The second-order valence-corrected chi connectivity index (χ2v) is 31.0. The minimum Gasteiger partial charge on any atom is -1.00 e. The Balaban J connectivity index is 0.000000404. The molecule has 3 aromatic carbocycles. The maximum atomic E-state index is 13.3. The number of nitrogens with two attached hydrogens (primary N) is 3. The molecule has 16 atom stereocenters. The van der Waals surface area contributed by atoms with Crippen molar-refractivity contribution in [3.05, 3.63) is 144 Å². The molecule has 4 saturated heterocycles. The van der Waals surface area contributed by atoms with Gasteiger partial charge >= 0.3 is 84.2 Å². The Morgan fingerprint density at radius 3 is 1.16 bits per heavy atom. The second-order valence-electron chi connectivity index (χ2n) is 31.0. The summed E-state index contributed by atoms with van der Waals surface area (Å²) >= 11 is 0. The molecule has 4 fully saturated rings. The van der Waals surface area contributed by atoms with Crippen molar-refractivity contribution in [3.8, 4) is 37.0 Å². The number of benzene rings is 3. The summed E-state index contributed by atoms with van der Waals surface area (Å²) in [5.74, 6) is -0.913. The molecule has 3 radical (unpaired) electrons. The molecule has 135 heavy (non-hydrogen) atoms. The average molecular weight is 1880 g/mol. The molecular formula is C89H107BLiN15NaO28. The third-order valence-corrected chi connectivity index (χ3v) is 22.1. The number of ether oxygens (including phenoxy) is 11. The molecule has 43 nitrogen and oxygen atoms in total. The van der Waals surface area contributed by atoms with E-state index in [0.29, 0.717) is 16.7 Å². The van der Waals surface area contributed by atoms with Crippen molar-refractivity contribution in [2.75, 3.05) is 70.6 Å². The van der Waals surface area contributed by atoms with E-state index in [4.69, 9.17) is 93.7 Å². The minimum atomic E-state index is -2.75. The van der Waals surface area contributed by atoms with Crippen LogP contribution in [0.15, 0.2) is 110 Å². The van der Waals surface area contributed by atoms with Crippen molar-refractivity contribution in [2.45, 2.75) is 198 Å². The molecule has 6 aromatic heterocycles. The van der Waals surface area contributed by atoms with Crippen LogP contribution in [0.1, 0.15) is 160 Å². The van der Waals surface area contributed by atoms with Gasteiger partial charge in [0, 0.05) is 68.8 Å². The maximum absolute atomic E-state index is 13.3. The number of nitrogens with zero attached hydrogens (tertiary/aromatic N) is 12. The van der Waals surface area contributed by atoms with Gasteiger partial charge in [-0.05, 0) is 84.9 Å². The van der Waals surface area contributed by atoms with Gasteiger partial charge in [0.05, 0.1) is 62.8 Å². The number of aliphatic hydroxyl groups is 5. The van der Waals surface area contributed by atoms with Crippen molar-refractivity contribution in [1.82, 2.24) is 58.6 Å². The first-order valence-corrected chi connectivity index (χ1v) is 41.1. The maximum Gasteiger partial charge on any atom is 1.00 e. The number of carboxylic acids is 2. The standard InChI is InChI=1S/C30H35N5O8.C30H33N5O8.C24H25N5O9.C4H8O.CH4O.B.Li.Na.H2O.H/c2*1-7-29(6)21(15-41-30(18(4)37,28(39)40-8-2)14-20-12-10-9-11-13-20)43-27(23(29)42-19(5)38)35-16-32-22-24(31)33-25(17(3)36)34-26(22)35;1-3-23(36)14(10-37-24(21(32)33,22(34)35)9-13-7-5-4-6-8-13)38-20(16(23)31)29-11-26-15-17(25)27-18(12(2)30)28-19(15)29;1-2-4-5-3-1;1-2;;;;;/h1,9-13,16-17,21,23,27,36H,8,14-15H2,2-6H3,(H2,31,33,34);1,9-13,16,21,23,27H,8,14-15H2,2-6H3,(H2,31,33,34);1,4-8,11-12,14,16,20,30-31,36H,9-10H2,2H3,(H,32,33)(H,34,35)(H2,25,27,28);1-4H2;2H,1H3;;;;1H2;/q;;;;;;2*+1;;-1/p-1/t17?,21-,23+,27-,29+,30?;21-,23+,27-,29+,30?;12?,14-,16+,20-,23-;;;;;;;/m111......./s1. The van der Waals surface area contributed by atoms with Crippen LogP contribution in [-0.2, 0) is 110 Å². The number of esters is 4. The van der Waals surface area contributed by atoms with Crippen molar-refractivity contribution >= 4 is 113 Å². The number of nitrogen functional groups attached to an aromatic ring is 3. The third kappa shape index (κ3) is 24.6. The summed E-state index contributed by atoms with van der Waals surface area (Å²) in [6.07, 6.45) is 9.98. The number of carboxylic acid groups (broad SMARTS) is 2. The molecule has 13 rings (SSSR count).